The Bertz CT molecular complexity index is 744. The van der Waals surface area contributed by atoms with Crippen molar-refractivity contribution >= 4 is 30.9 Å². The van der Waals surface area contributed by atoms with Gasteiger partial charge in [-0.1, -0.05) is 12.6 Å². The van der Waals surface area contributed by atoms with Crippen LogP contribution in [0, 0.1) is 0 Å². The Labute approximate surface area is 124 Å². The van der Waals surface area contributed by atoms with Gasteiger partial charge in [-0.15, -0.1) is 0 Å². The minimum absolute atomic E-state index is 0.107. The van der Waals surface area contributed by atoms with Crippen molar-refractivity contribution in [1.82, 2.24) is 10.3 Å². The van der Waals surface area contributed by atoms with Gasteiger partial charge in [-0.2, -0.15) is 8.42 Å². The van der Waals surface area contributed by atoms with Crippen LogP contribution in [-0.2, 0) is 24.9 Å². The molecule has 0 atom stereocenters. The molecule has 1 aromatic heterocycles. The number of carbonyl (C=O) groups is 1. The van der Waals surface area contributed by atoms with Gasteiger partial charge >= 0.3 is 0 Å². The van der Waals surface area contributed by atoms with Crippen molar-refractivity contribution in [2.75, 3.05) is 12.3 Å². The van der Waals surface area contributed by atoms with Crippen molar-refractivity contribution in [1.29, 1.82) is 0 Å². The first kappa shape index (κ1) is 17.1. The first-order valence-corrected chi connectivity index (χ1v) is 8.57. The molecule has 7 nitrogen and oxygen atoms in total. The molecule has 0 saturated heterocycles. The summed E-state index contributed by atoms with van der Waals surface area (Å²) >= 11 is 0. The Morgan fingerprint density at radius 2 is 2.10 bits per heavy atom. The maximum absolute atomic E-state index is 12.0. The van der Waals surface area contributed by atoms with Crippen molar-refractivity contribution in [2.24, 2.45) is 0 Å². The Balaban J connectivity index is 2.78. The topological polar surface area (TPSA) is 110 Å². The van der Waals surface area contributed by atoms with E-state index in [4.69, 9.17) is 0 Å². The van der Waals surface area contributed by atoms with Crippen LogP contribution in [0.1, 0.15) is 6.42 Å². The molecular formula is C12H14N2O5S2. The van der Waals surface area contributed by atoms with Crippen molar-refractivity contribution in [3.05, 3.63) is 37.1 Å². The molecule has 0 radical (unpaired) electrons. The molecule has 0 aromatic carbocycles. The number of hydrogen-bond donors (Lipinski definition) is 1. The summed E-state index contributed by atoms with van der Waals surface area (Å²) in [6.07, 6.45) is 2.12. The smallest absolute Gasteiger partial charge is 0.243 e. The third-order valence-electron chi connectivity index (χ3n) is 2.49. The van der Waals surface area contributed by atoms with Gasteiger partial charge in [0.2, 0.25) is 16.2 Å². The van der Waals surface area contributed by atoms with Crippen molar-refractivity contribution in [3.8, 4) is 0 Å². The number of nitrogens with one attached hydrogen (secondary N) is 1. The van der Waals surface area contributed by atoms with Crippen molar-refractivity contribution in [2.45, 2.75) is 11.4 Å². The van der Waals surface area contributed by atoms with E-state index in [1.165, 1.54) is 18.3 Å². The number of pyridine rings is 1. The van der Waals surface area contributed by atoms with E-state index in [-0.39, 0.29) is 22.9 Å². The minimum Gasteiger partial charge on any atom is -0.348 e. The zero-order chi connectivity index (χ0) is 15.9. The first-order chi connectivity index (χ1) is 9.86. The molecule has 0 aliphatic rings. The molecule has 0 aliphatic heterocycles. The summed E-state index contributed by atoms with van der Waals surface area (Å²) < 4.78 is 46.0. The first-order valence-electron chi connectivity index (χ1n) is 5.85. The SMILES string of the molecule is C=CC(=O)NCC(CCS(=O)(=O)c1ccccn1)=S(=O)=O. The molecular weight excluding hydrogens is 316 g/mol. The zero-order valence-electron chi connectivity index (χ0n) is 11.0. The second-order valence-electron chi connectivity index (χ2n) is 3.93. The Morgan fingerprint density at radius 1 is 1.38 bits per heavy atom. The predicted octanol–water partition coefficient (Wildman–Crippen LogP) is -0.401. The molecule has 0 bridgehead atoms. The largest absolute Gasteiger partial charge is 0.348 e. The van der Waals surface area contributed by atoms with Gasteiger partial charge < -0.3 is 5.32 Å². The summed E-state index contributed by atoms with van der Waals surface area (Å²) in [5.74, 6) is -0.942. The van der Waals surface area contributed by atoms with Gasteiger partial charge in [0, 0.05) is 6.20 Å². The second kappa shape index (κ2) is 7.70. The highest BCUT2D eigenvalue weighted by atomic mass is 32.2. The molecule has 0 aliphatic carbocycles. The monoisotopic (exact) mass is 330 g/mol. The van der Waals surface area contributed by atoms with Crippen molar-refractivity contribution < 1.29 is 21.6 Å². The van der Waals surface area contributed by atoms with Crippen molar-refractivity contribution in [3.63, 3.8) is 0 Å². The standard InChI is InChI=1S/C12H14N2O5S2/c1-2-11(15)14-9-10(20(16)17)6-8-21(18,19)12-5-3-4-7-13-12/h2-5,7H,1,6,8-9H2,(H,14,15). The molecule has 0 unspecified atom stereocenters. The molecule has 0 saturated carbocycles. The summed E-state index contributed by atoms with van der Waals surface area (Å²) in [5, 5.41) is 2.18. The lowest BCUT2D eigenvalue weighted by atomic mass is 10.3. The van der Waals surface area contributed by atoms with Gasteiger partial charge in [-0.05, 0) is 24.6 Å². The third kappa shape index (κ3) is 5.48. The van der Waals surface area contributed by atoms with E-state index >= 15 is 0 Å². The van der Waals surface area contributed by atoms with Crippen LogP contribution in [0.3, 0.4) is 0 Å². The lowest BCUT2D eigenvalue weighted by Crippen LogP contribution is -2.29. The minimum atomic E-state index is -3.67. The Kier molecular flexibility index (Phi) is 6.25. The summed E-state index contributed by atoms with van der Waals surface area (Å²) in [7, 11) is -6.25. The van der Waals surface area contributed by atoms with Gasteiger partial charge in [-0.25, -0.2) is 13.4 Å². The zero-order valence-corrected chi connectivity index (χ0v) is 12.7. The lowest BCUT2D eigenvalue weighted by molar-refractivity contribution is -0.116. The number of aromatic nitrogens is 1. The molecule has 1 heterocycles. The fraction of sp³-hybridized carbons (Fsp3) is 0.250. The highest BCUT2D eigenvalue weighted by Crippen LogP contribution is 2.08. The van der Waals surface area contributed by atoms with Crippen LogP contribution >= 0.6 is 0 Å². The van der Waals surface area contributed by atoms with E-state index in [2.05, 4.69) is 16.9 Å². The van der Waals surface area contributed by atoms with Crippen LogP contribution in [0.5, 0.6) is 0 Å². The van der Waals surface area contributed by atoms with Crippen LogP contribution < -0.4 is 5.32 Å². The number of amides is 1. The maximum atomic E-state index is 12.0. The molecule has 1 rings (SSSR count). The fourth-order valence-corrected chi connectivity index (χ4v) is 3.19. The molecule has 114 valence electrons. The highest BCUT2D eigenvalue weighted by molar-refractivity contribution is 7.91. The Hall–Kier alpha value is -2.00. The van der Waals surface area contributed by atoms with Crippen LogP contribution in [-0.4, -0.2) is 44.9 Å². The molecule has 9 heteroatoms. The van der Waals surface area contributed by atoms with E-state index in [0.29, 0.717) is 0 Å². The normalized spacial score (nSPS) is 10.7. The summed E-state index contributed by atoms with van der Waals surface area (Å²) in [6, 6.07) is 4.44. The quantitative estimate of drug-likeness (QED) is 0.538. The number of sulfone groups is 1. The number of nitrogens with zero attached hydrogens (tertiary/aromatic N) is 1. The predicted molar refractivity (Wildman–Crippen MR) is 78.0 cm³/mol. The van der Waals surface area contributed by atoms with E-state index in [0.717, 1.165) is 6.08 Å². The highest BCUT2D eigenvalue weighted by Gasteiger charge is 2.17. The molecule has 0 spiro atoms. The van der Waals surface area contributed by atoms with Crippen LogP contribution in [0.2, 0.25) is 0 Å². The molecule has 1 amide bonds. The van der Waals surface area contributed by atoms with Gasteiger partial charge in [0.1, 0.15) is 0 Å². The van der Waals surface area contributed by atoms with Gasteiger partial charge in [-0.3, -0.25) is 4.79 Å². The summed E-state index contributed by atoms with van der Waals surface area (Å²) in [6.45, 7) is 2.98. The van der Waals surface area contributed by atoms with Gasteiger partial charge in [0.25, 0.3) is 0 Å². The molecule has 21 heavy (non-hydrogen) atoms. The van der Waals surface area contributed by atoms with Crippen LogP contribution in [0.25, 0.3) is 0 Å². The third-order valence-corrected chi connectivity index (χ3v) is 4.93. The Morgan fingerprint density at radius 3 is 2.62 bits per heavy atom. The summed E-state index contributed by atoms with van der Waals surface area (Å²) in [5.41, 5.74) is 0. The average Bonchev–Trinajstić information content (AvgIpc) is 2.47. The lowest BCUT2D eigenvalue weighted by Gasteiger charge is -2.05. The van der Waals surface area contributed by atoms with Crippen LogP contribution in [0.4, 0.5) is 0 Å². The molecule has 1 N–H and O–H groups in total. The van der Waals surface area contributed by atoms with E-state index in [9.17, 15) is 21.6 Å². The van der Waals surface area contributed by atoms with Gasteiger partial charge in [0.15, 0.2) is 14.9 Å². The van der Waals surface area contributed by atoms with Gasteiger partial charge in [0.05, 0.1) is 17.2 Å². The summed E-state index contributed by atoms with van der Waals surface area (Å²) in [4.78, 5) is 14.6. The fourth-order valence-electron chi connectivity index (χ4n) is 1.37. The molecule has 0 fully saturated rings. The molecule has 1 aromatic rings. The van der Waals surface area contributed by atoms with Crippen LogP contribution in [0.15, 0.2) is 42.1 Å². The number of hydrogen-bond acceptors (Lipinski definition) is 6. The van der Waals surface area contributed by atoms with E-state index in [1.807, 2.05) is 0 Å². The average molecular weight is 330 g/mol. The maximum Gasteiger partial charge on any atom is 0.243 e. The van der Waals surface area contributed by atoms with E-state index < -0.39 is 31.8 Å². The second-order valence-corrected chi connectivity index (χ2v) is 7.03. The number of carbonyl (C=O) groups excluding carboxylic acids is 1. The van der Waals surface area contributed by atoms with E-state index in [1.54, 1.807) is 6.07 Å². The number of rotatable bonds is 7.